The minimum Gasteiger partial charge on any atom is -0.497 e. The maximum Gasteiger partial charge on any atom is 0.261 e. The van der Waals surface area contributed by atoms with Gasteiger partial charge >= 0.3 is 0 Å². The lowest BCUT2D eigenvalue weighted by atomic mass is 10.0. The van der Waals surface area contributed by atoms with E-state index in [9.17, 15) is 17.6 Å². The van der Waals surface area contributed by atoms with Crippen molar-refractivity contribution in [1.82, 2.24) is 10.2 Å². The van der Waals surface area contributed by atoms with Crippen molar-refractivity contribution >= 4 is 21.6 Å². The van der Waals surface area contributed by atoms with E-state index in [1.807, 2.05) is 24.3 Å². The standard InChI is InChI=1S/C27H30FN3O4S/c1-19-17-24(13-14-25(19)28)36(33,34)30-22-9-5-21(6-10-22)27(32)29-18-26(31-15-3-4-16-31)20-7-11-23(35-2)12-8-20/h5-14,17,26,30H,3-4,15-16,18H2,1-2H3,(H,29,32)/t26-/m1/s1. The zero-order valence-electron chi connectivity index (χ0n) is 20.3. The number of hydrogen-bond acceptors (Lipinski definition) is 5. The summed E-state index contributed by atoms with van der Waals surface area (Å²) < 4.78 is 46.5. The summed E-state index contributed by atoms with van der Waals surface area (Å²) in [5.41, 5.74) is 2.08. The van der Waals surface area contributed by atoms with E-state index in [2.05, 4.69) is 14.9 Å². The number of nitrogens with zero attached hydrogens (tertiary/aromatic N) is 1. The highest BCUT2D eigenvalue weighted by Crippen LogP contribution is 2.26. The van der Waals surface area contributed by atoms with Crippen LogP contribution in [0.2, 0.25) is 0 Å². The van der Waals surface area contributed by atoms with E-state index in [4.69, 9.17) is 4.74 Å². The lowest BCUT2D eigenvalue weighted by Crippen LogP contribution is -2.36. The minimum atomic E-state index is -3.88. The molecule has 0 spiro atoms. The Morgan fingerprint density at radius 3 is 2.31 bits per heavy atom. The minimum absolute atomic E-state index is 0.0327. The van der Waals surface area contributed by atoms with Crippen molar-refractivity contribution in [2.75, 3.05) is 31.5 Å². The van der Waals surface area contributed by atoms with Crippen molar-refractivity contribution in [3.05, 3.63) is 89.2 Å². The quantitative estimate of drug-likeness (QED) is 0.441. The molecule has 0 radical (unpaired) electrons. The molecule has 7 nitrogen and oxygen atoms in total. The van der Waals surface area contributed by atoms with Gasteiger partial charge in [-0.2, -0.15) is 0 Å². The van der Waals surface area contributed by atoms with Gasteiger partial charge in [-0.25, -0.2) is 12.8 Å². The zero-order chi connectivity index (χ0) is 25.7. The van der Waals surface area contributed by atoms with Crippen molar-refractivity contribution in [2.24, 2.45) is 0 Å². The Hall–Kier alpha value is -3.43. The molecule has 0 aliphatic carbocycles. The van der Waals surface area contributed by atoms with Gasteiger partial charge in [0.05, 0.1) is 18.0 Å². The van der Waals surface area contributed by atoms with Crippen LogP contribution >= 0.6 is 0 Å². The summed E-state index contributed by atoms with van der Waals surface area (Å²) in [6.07, 6.45) is 2.27. The Kier molecular flexibility index (Phi) is 7.91. The van der Waals surface area contributed by atoms with Crippen LogP contribution in [0.15, 0.2) is 71.6 Å². The number of likely N-dealkylation sites (tertiary alicyclic amines) is 1. The first-order valence-electron chi connectivity index (χ1n) is 11.8. The van der Waals surface area contributed by atoms with Gasteiger partial charge < -0.3 is 10.1 Å². The molecule has 36 heavy (non-hydrogen) atoms. The molecule has 4 rings (SSSR count). The van der Waals surface area contributed by atoms with Gasteiger partial charge in [0.2, 0.25) is 0 Å². The maximum absolute atomic E-state index is 13.5. The summed E-state index contributed by atoms with van der Waals surface area (Å²) in [5.74, 6) is 0.0767. The Balaban J connectivity index is 1.41. The molecule has 1 aliphatic rings. The van der Waals surface area contributed by atoms with E-state index in [1.165, 1.54) is 31.2 Å². The number of carbonyl (C=O) groups is 1. The third-order valence-electron chi connectivity index (χ3n) is 6.38. The van der Waals surface area contributed by atoms with E-state index in [1.54, 1.807) is 19.2 Å². The molecule has 3 aromatic carbocycles. The van der Waals surface area contributed by atoms with Crippen LogP contribution in [0.5, 0.6) is 5.75 Å². The van der Waals surface area contributed by atoms with Crippen LogP contribution in [0.4, 0.5) is 10.1 Å². The molecule has 0 bridgehead atoms. The lowest BCUT2D eigenvalue weighted by molar-refractivity contribution is 0.0938. The highest BCUT2D eigenvalue weighted by Gasteiger charge is 2.24. The number of nitrogens with one attached hydrogen (secondary N) is 2. The second-order valence-corrected chi connectivity index (χ2v) is 10.5. The van der Waals surface area contributed by atoms with E-state index >= 15 is 0 Å². The topological polar surface area (TPSA) is 87.7 Å². The van der Waals surface area contributed by atoms with Gasteiger partial charge in [0, 0.05) is 17.8 Å². The molecule has 1 saturated heterocycles. The third kappa shape index (κ3) is 6.03. The number of anilines is 1. The van der Waals surface area contributed by atoms with Gasteiger partial charge in [-0.05, 0) is 98.6 Å². The molecule has 9 heteroatoms. The van der Waals surface area contributed by atoms with Crippen LogP contribution in [-0.4, -0.2) is 46.0 Å². The number of rotatable bonds is 9. The smallest absolute Gasteiger partial charge is 0.261 e. The molecule has 0 saturated carbocycles. The van der Waals surface area contributed by atoms with Gasteiger partial charge in [-0.1, -0.05) is 12.1 Å². The summed E-state index contributed by atoms with van der Waals surface area (Å²) in [4.78, 5) is 15.2. The number of ether oxygens (including phenoxy) is 1. The Bertz CT molecular complexity index is 1310. The number of sulfonamides is 1. The van der Waals surface area contributed by atoms with Gasteiger partial charge in [-0.15, -0.1) is 0 Å². The SMILES string of the molecule is COc1ccc([C@@H](CNC(=O)c2ccc(NS(=O)(=O)c3ccc(F)c(C)c3)cc2)N2CCCC2)cc1. The average molecular weight is 512 g/mol. The van der Waals surface area contributed by atoms with Crippen LogP contribution in [0, 0.1) is 12.7 Å². The summed E-state index contributed by atoms with van der Waals surface area (Å²) in [6.45, 7) is 3.91. The van der Waals surface area contributed by atoms with E-state index in [0.29, 0.717) is 17.8 Å². The fourth-order valence-corrected chi connectivity index (χ4v) is 5.46. The van der Waals surface area contributed by atoms with Crippen LogP contribution < -0.4 is 14.8 Å². The molecule has 1 amide bonds. The number of amides is 1. The molecular formula is C27H30FN3O4S. The molecule has 0 aromatic heterocycles. The van der Waals surface area contributed by atoms with E-state index in [0.717, 1.165) is 43.3 Å². The van der Waals surface area contributed by atoms with Crippen LogP contribution in [-0.2, 0) is 10.0 Å². The Morgan fingerprint density at radius 1 is 1.03 bits per heavy atom. The molecule has 190 valence electrons. The highest BCUT2D eigenvalue weighted by molar-refractivity contribution is 7.92. The van der Waals surface area contributed by atoms with Crippen molar-refractivity contribution in [3.63, 3.8) is 0 Å². The largest absolute Gasteiger partial charge is 0.497 e. The van der Waals surface area contributed by atoms with Gasteiger partial charge in [0.15, 0.2) is 0 Å². The molecular weight excluding hydrogens is 481 g/mol. The second kappa shape index (κ2) is 11.1. The zero-order valence-corrected chi connectivity index (χ0v) is 21.1. The molecule has 2 N–H and O–H groups in total. The third-order valence-corrected chi connectivity index (χ3v) is 7.76. The van der Waals surface area contributed by atoms with Crippen molar-refractivity contribution < 1.29 is 22.3 Å². The summed E-state index contributed by atoms with van der Waals surface area (Å²) in [7, 11) is -2.25. The number of methoxy groups -OCH3 is 1. The average Bonchev–Trinajstić information content (AvgIpc) is 3.41. The maximum atomic E-state index is 13.5. The number of benzene rings is 3. The number of carbonyl (C=O) groups excluding carboxylic acids is 1. The Morgan fingerprint density at radius 2 is 1.69 bits per heavy atom. The first kappa shape index (κ1) is 25.7. The molecule has 1 heterocycles. The summed E-state index contributed by atoms with van der Waals surface area (Å²) in [5, 5.41) is 3.02. The van der Waals surface area contributed by atoms with Crippen molar-refractivity contribution in [2.45, 2.75) is 30.7 Å². The number of aryl methyl sites for hydroxylation is 1. The van der Waals surface area contributed by atoms with Crippen LogP contribution in [0.3, 0.4) is 0 Å². The number of hydrogen-bond donors (Lipinski definition) is 2. The molecule has 1 atom stereocenters. The molecule has 1 fully saturated rings. The molecule has 1 aliphatic heterocycles. The van der Waals surface area contributed by atoms with Crippen LogP contribution in [0.1, 0.15) is 40.4 Å². The van der Waals surface area contributed by atoms with Gasteiger partial charge in [0.25, 0.3) is 15.9 Å². The first-order valence-corrected chi connectivity index (χ1v) is 13.3. The predicted octanol–water partition coefficient (Wildman–Crippen LogP) is 4.51. The Labute approximate surface area is 211 Å². The first-order chi connectivity index (χ1) is 17.3. The van der Waals surface area contributed by atoms with Crippen molar-refractivity contribution in [3.8, 4) is 5.75 Å². The van der Waals surface area contributed by atoms with E-state index in [-0.39, 0.29) is 22.4 Å². The number of halogens is 1. The lowest BCUT2D eigenvalue weighted by Gasteiger charge is -2.28. The summed E-state index contributed by atoms with van der Waals surface area (Å²) >= 11 is 0. The normalized spacial score (nSPS) is 14.9. The van der Waals surface area contributed by atoms with Gasteiger partial charge in [-0.3, -0.25) is 14.4 Å². The van der Waals surface area contributed by atoms with Crippen molar-refractivity contribution in [1.29, 1.82) is 0 Å². The fraction of sp³-hybridized carbons (Fsp3) is 0.296. The van der Waals surface area contributed by atoms with Crippen LogP contribution in [0.25, 0.3) is 0 Å². The molecule has 3 aromatic rings. The summed E-state index contributed by atoms with van der Waals surface area (Å²) in [6, 6.07) is 17.8. The van der Waals surface area contributed by atoms with Gasteiger partial charge in [0.1, 0.15) is 11.6 Å². The monoisotopic (exact) mass is 511 g/mol. The molecule has 0 unspecified atom stereocenters. The van der Waals surface area contributed by atoms with E-state index < -0.39 is 15.8 Å². The fourth-order valence-electron chi connectivity index (χ4n) is 4.32. The predicted molar refractivity (Wildman–Crippen MR) is 137 cm³/mol. The highest BCUT2D eigenvalue weighted by atomic mass is 32.2. The second-order valence-electron chi connectivity index (χ2n) is 8.84.